The molecule has 0 radical (unpaired) electrons. The topological polar surface area (TPSA) is 76.4 Å². The number of para-hydroxylation sites is 1. The number of carbonyl (C=O) groups excluding carboxylic acids is 1. The van der Waals surface area contributed by atoms with E-state index in [1.165, 1.54) is 6.42 Å². The minimum atomic E-state index is 0.0995. The van der Waals surface area contributed by atoms with Gasteiger partial charge in [0, 0.05) is 30.3 Å². The summed E-state index contributed by atoms with van der Waals surface area (Å²) < 4.78 is 7.31. The lowest BCUT2D eigenvalue weighted by Gasteiger charge is -2.36. The first-order chi connectivity index (χ1) is 17.1. The number of likely N-dealkylation sites (tertiary alicyclic amines) is 1. The Hall–Kier alpha value is -3.26. The van der Waals surface area contributed by atoms with Gasteiger partial charge < -0.3 is 14.5 Å². The molecule has 1 atom stereocenters. The lowest BCUT2D eigenvalue weighted by atomic mass is 9.97. The van der Waals surface area contributed by atoms with Gasteiger partial charge in [-0.3, -0.25) is 4.79 Å². The Bertz CT molecular complexity index is 1190. The van der Waals surface area contributed by atoms with Gasteiger partial charge in [0.25, 0.3) is 11.9 Å². The Labute approximate surface area is 206 Å². The van der Waals surface area contributed by atoms with Crippen LogP contribution in [-0.4, -0.2) is 75.8 Å². The van der Waals surface area contributed by atoms with Crippen molar-refractivity contribution in [3.8, 4) is 23.0 Å². The summed E-state index contributed by atoms with van der Waals surface area (Å²) in [5.74, 6) is 1.66. The maximum Gasteiger partial charge on any atom is 0.257 e. The lowest BCUT2D eigenvalue weighted by Crippen LogP contribution is -2.45. The molecule has 2 fully saturated rings. The molecule has 3 aromatic rings. The molecule has 2 aliphatic rings. The third kappa shape index (κ3) is 4.93. The number of piperidine rings is 1. The van der Waals surface area contributed by atoms with Crippen LogP contribution in [-0.2, 0) is 0 Å². The highest BCUT2D eigenvalue weighted by molar-refractivity contribution is 5.96. The first-order valence-corrected chi connectivity index (χ1v) is 12.6. The molecule has 3 heterocycles. The van der Waals surface area contributed by atoms with Crippen molar-refractivity contribution < 1.29 is 9.53 Å². The molecular formula is C27H34N6O2. The Kier molecular flexibility index (Phi) is 6.81. The molecule has 5 rings (SSSR count). The van der Waals surface area contributed by atoms with Crippen molar-refractivity contribution in [3.05, 3.63) is 54.0 Å². The first-order valence-electron chi connectivity index (χ1n) is 12.6. The van der Waals surface area contributed by atoms with Crippen LogP contribution in [0.1, 0.15) is 60.5 Å². The van der Waals surface area contributed by atoms with E-state index < -0.39 is 0 Å². The highest BCUT2D eigenvalue weighted by Crippen LogP contribution is 2.43. The van der Waals surface area contributed by atoms with Gasteiger partial charge in [-0.2, -0.15) is 5.10 Å². The molecule has 1 saturated carbocycles. The maximum atomic E-state index is 13.8. The van der Waals surface area contributed by atoms with Gasteiger partial charge in [0.2, 0.25) is 0 Å². The molecule has 184 valence electrons. The molecule has 0 N–H and O–H groups in total. The van der Waals surface area contributed by atoms with Crippen molar-refractivity contribution in [2.45, 2.75) is 50.5 Å². The van der Waals surface area contributed by atoms with Crippen LogP contribution in [0.3, 0.4) is 0 Å². The van der Waals surface area contributed by atoms with E-state index in [1.807, 2.05) is 30.3 Å². The number of nitrogens with zero attached hydrogens (tertiary/aromatic N) is 6. The van der Waals surface area contributed by atoms with E-state index in [0.717, 1.165) is 67.9 Å². The molecule has 1 aliphatic heterocycles. The summed E-state index contributed by atoms with van der Waals surface area (Å²) in [7, 11) is 5.83. The molecule has 1 saturated heterocycles. The van der Waals surface area contributed by atoms with Gasteiger partial charge in [0.15, 0.2) is 0 Å². The van der Waals surface area contributed by atoms with Gasteiger partial charge in [-0.05, 0) is 77.4 Å². The fourth-order valence-corrected chi connectivity index (χ4v) is 5.02. The summed E-state index contributed by atoms with van der Waals surface area (Å²) in [5, 5.41) is 4.64. The Morgan fingerprint density at radius 3 is 2.74 bits per heavy atom. The number of carbonyl (C=O) groups is 1. The van der Waals surface area contributed by atoms with Crippen LogP contribution >= 0.6 is 0 Å². The number of hydrogen-bond donors (Lipinski definition) is 0. The Balaban J connectivity index is 1.48. The number of hydrogen-bond acceptors (Lipinski definition) is 6. The fourth-order valence-electron chi connectivity index (χ4n) is 5.02. The first kappa shape index (κ1) is 23.5. The number of methoxy groups -OCH3 is 1. The van der Waals surface area contributed by atoms with Crippen molar-refractivity contribution in [3.63, 3.8) is 0 Å². The number of ether oxygens (including phenoxy) is 1. The van der Waals surface area contributed by atoms with E-state index >= 15 is 0 Å². The SMILES string of the molecule is COc1ccccc1-c1ccnc(-n2ncc(C(=O)N3CCCC[C@@H]3CCN(C)C)c2C2CC2)n1. The van der Waals surface area contributed by atoms with E-state index in [0.29, 0.717) is 17.4 Å². The summed E-state index contributed by atoms with van der Waals surface area (Å²) in [6.45, 7) is 1.79. The van der Waals surface area contributed by atoms with Crippen LogP contribution in [0.25, 0.3) is 17.2 Å². The zero-order valence-electron chi connectivity index (χ0n) is 20.9. The van der Waals surface area contributed by atoms with Crippen LogP contribution in [0.5, 0.6) is 5.75 Å². The van der Waals surface area contributed by atoms with Gasteiger partial charge in [-0.1, -0.05) is 12.1 Å². The highest BCUT2D eigenvalue weighted by atomic mass is 16.5. The summed E-state index contributed by atoms with van der Waals surface area (Å²) in [4.78, 5) is 27.5. The molecule has 0 spiro atoms. The van der Waals surface area contributed by atoms with E-state index in [-0.39, 0.29) is 11.9 Å². The van der Waals surface area contributed by atoms with Crippen LogP contribution in [0.2, 0.25) is 0 Å². The van der Waals surface area contributed by atoms with Gasteiger partial charge >= 0.3 is 0 Å². The minimum Gasteiger partial charge on any atom is -0.496 e. The monoisotopic (exact) mass is 474 g/mol. The average molecular weight is 475 g/mol. The number of benzene rings is 1. The molecule has 8 nitrogen and oxygen atoms in total. The smallest absolute Gasteiger partial charge is 0.257 e. The fraction of sp³-hybridized carbons (Fsp3) is 0.481. The van der Waals surface area contributed by atoms with Crippen molar-refractivity contribution in [2.24, 2.45) is 0 Å². The van der Waals surface area contributed by atoms with Crippen LogP contribution < -0.4 is 4.74 Å². The van der Waals surface area contributed by atoms with Crippen molar-refractivity contribution in [1.82, 2.24) is 29.5 Å². The third-order valence-electron chi connectivity index (χ3n) is 7.01. The van der Waals surface area contributed by atoms with E-state index in [9.17, 15) is 4.79 Å². The number of amides is 1. The van der Waals surface area contributed by atoms with E-state index in [1.54, 1.807) is 24.2 Å². The van der Waals surface area contributed by atoms with E-state index in [4.69, 9.17) is 9.72 Å². The Morgan fingerprint density at radius 1 is 1.14 bits per heavy atom. The van der Waals surface area contributed by atoms with Crippen LogP contribution in [0.4, 0.5) is 0 Å². The molecule has 1 amide bonds. The van der Waals surface area contributed by atoms with Crippen LogP contribution in [0.15, 0.2) is 42.7 Å². The molecule has 8 heteroatoms. The maximum absolute atomic E-state index is 13.8. The standard InChI is InChI=1S/C27H34N6O2/c1-31(2)17-14-20-8-6-7-16-32(20)26(34)22-18-29-33(25(22)19-11-12-19)27-28-15-13-23(30-27)21-9-4-5-10-24(21)35-3/h4-5,9-10,13,15,18-20H,6-8,11-12,14,16-17H2,1-3H3/t20-/m1/s1. The van der Waals surface area contributed by atoms with Crippen molar-refractivity contribution in [1.29, 1.82) is 0 Å². The van der Waals surface area contributed by atoms with E-state index in [2.05, 4.69) is 34.0 Å². The average Bonchev–Trinajstić information content (AvgIpc) is 3.64. The summed E-state index contributed by atoms with van der Waals surface area (Å²) in [5.41, 5.74) is 3.31. The summed E-state index contributed by atoms with van der Waals surface area (Å²) >= 11 is 0. The van der Waals surface area contributed by atoms with Gasteiger partial charge in [0.1, 0.15) is 5.75 Å². The molecule has 0 unspecified atom stereocenters. The number of aromatic nitrogens is 4. The van der Waals surface area contributed by atoms with Gasteiger partial charge in [-0.25, -0.2) is 14.6 Å². The zero-order chi connectivity index (χ0) is 24.4. The molecule has 0 bridgehead atoms. The second kappa shape index (κ2) is 10.2. The van der Waals surface area contributed by atoms with Crippen molar-refractivity contribution in [2.75, 3.05) is 34.3 Å². The van der Waals surface area contributed by atoms with Crippen molar-refractivity contribution >= 4 is 5.91 Å². The second-order valence-corrected chi connectivity index (χ2v) is 9.81. The number of rotatable bonds is 8. The van der Waals surface area contributed by atoms with Gasteiger partial charge in [-0.15, -0.1) is 0 Å². The van der Waals surface area contributed by atoms with Gasteiger partial charge in [0.05, 0.1) is 30.3 Å². The quantitative estimate of drug-likeness (QED) is 0.488. The zero-order valence-corrected chi connectivity index (χ0v) is 20.9. The molecule has 2 aromatic heterocycles. The molecular weight excluding hydrogens is 440 g/mol. The summed E-state index contributed by atoms with van der Waals surface area (Å²) in [6.07, 6.45) is 9.89. The Morgan fingerprint density at radius 2 is 1.97 bits per heavy atom. The lowest BCUT2D eigenvalue weighted by molar-refractivity contribution is 0.0590. The molecule has 1 aliphatic carbocycles. The molecule has 35 heavy (non-hydrogen) atoms. The highest BCUT2D eigenvalue weighted by Gasteiger charge is 2.36. The predicted molar refractivity (Wildman–Crippen MR) is 135 cm³/mol. The molecule has 1 aromatic carbocycles. The summed E-state index contributed by atoms with van der Waals surface area (Å²) in [6, 6.07) is 9.95. The largest absolute Gasteiger partial charge is 0.496 e. The third-order valence-corrected chi connectivity index (χ3v) is 7.01. The normalized spacial score (nSPS) is 18.2. The predicted octanol–water partition coefficient (Wildman–Crippen LogP) is 4.16. The minimum absolute atomic E-state index is 0.0995. The second-order valence-electron chi connectivity index (χ2n) is 9.81. The van der Waals surface area contributed by atoms with Crippen LogP contribution in [0, 0.1) is 0 Å².